The molecule has 18 heavy (non-hydrogen) atoms. The Balaban J connectivity index is 1.62. The minimum atomic E-state index is 0.460. The monoisotopic (exact) mass is 308 g/mol. The fraction of sp³-hybridized carbons (Fsp3) is 0.625. The largest absolute Gasteiger partial charge is 0.490 e. The van der Waals surface area contributed by atoms with E-state index in [9.17, 15) is 0 Å². The third kappa shape index (κ3) is 2.90. The molecule has 2 aliphatic rings. The number of rotatable bonds is 2. The van der Waals surface area contributed by atoms with Crippen LogP contribution in [0.2, 0.25) is 0 Å². The first kappa shape index (κ1) is 12.5. The van der Waals surface area contributed by atoms with Crippen molar-refractivity contribution < 1.29 is 4.74 Å². The molecule has 1 heterocycles. The molecule has 0 saturated heterocycles. The summed E-state index contributed by atoms with van der Waals surface area (Å²) in [5, 5.41) is 0. The molecule has 0 bridgehead atoms. The molecule has 1 aromatic rings. The lowest BCUT2D eigenvalue weighted by molar-refractivity contribution is 0.131. The van der Waals surface area contributed by atoms with Crippen molar-refractivity contribution in [2.24, 2.45) is 5.92 Å². The van der Waals surface area contributed by atoms with Gasteiger partial charge in [-0.3, -0.25) is 0 Å². The number of halogens is 1. The summed E-state index contributed by atoms with van der Waals surface area (Å²) >= 11 is 3.53. The highest BCUT2D eigenvalue weighted by Crippen LogP contribution is 2.34. The van der Waals surface area contributed by atoms with Crippen molar-refractivity contribution in [2.45, 2.75) is 57.5 Å². The molecular weight excluding hydrogens is 288 g/mol. The van der Waals surface area contributed by atoms with E-state index in [4.69, 9.17) is 4.74 Å². The smallest absolute Gasteiger partial charge is 0.122 e. The van der Waals surface area contributed by atoms with E-state index in [1.165, 1.54) is 56.9 Å². The average molecular weight is 309 g/mol. The van der Waals surface area contributed by atoms with Crippen LogP contribution in [0.3, 0.4) is 0 Å². The van der Waals surface area contributed by atoms with E-state index in [1.54, 1.807) is 0 Å². The van der Waals surface area contributed by atoms with Crippen molar-refractivity contribution in [1.29, 1.82) is 0 Å². The fourth-order valence-corrected chi connectivity index (χ4v) is 3.78. The predicted molar refractivity (Wildman–Crippen MR) is 78.1 cm³/mol. The maximum Gasteiger partial charge on any atom is 0.122 e. The third-order valence-corrected chi connectivity index (χ3v) is 4.87. The number of aryl methyl sites for hydroxylation is 1. The van der Waals surface area contributed by atoms with Gasteiger partial charge in [-0.25, -0.2) is 0 Å². The minimum Gasteiger partial charge on any atom is -0.490 e. The first-order valence-corrected chi connectivity index (χ1v) is 8.05. The van der Waals surface area contributed by atoms with Crippen LogP contribution in [0.25, 0.3) is 0 Å². The van der Waals surface area contributed by atoms with Crippen LogP contribution in [-0.2, 0) is 6.42 Å². The summed E-state index contributed by atoms with van der Waals surface area (Å²) in [7, 11) is 0. The number of benzene rings is 1. The highest BCUT2D eigenvalue weighted by atomic mass is 79.9. The predicted octanol–water partition coefficient (Wildman–Crippen LogP) is 5.11. The summed E-state index contributed by atoms with van der Waals surface area (Å²) < 4.78 is 7.33. The van der Waals surface area contributed by atoms with Gasteiger partial charge in [0.15, 0.2) is 0 Å². The van der Waals surface area contributed by atoms with Gasteiger partial charge in [-0.15, -0.1) is 0 Å². The molecule has 1 aliphatic heterocycles. The molecule has 1 saturated carbocycles. The summed E-state index contributed by atoms with van der Waals surface area (Å²) in [5.74, 6) is 2.03. The number of hydrogen-bond acceptors (Lipinski definition) is 1. The van der Waals surface area contributed by atoms with E-state index in [2.05, 4.69) is 34.1 Å². The maximum atomic E-state index is 6.17. The van der Waals surface area contributed by atoms with E-state index in [1.807, 2.05) is 0 Å². The number of ether oxygens (including phenoxy) is 1. The topological polar surface area (TPSA) is 9.23 Å². The van der Waals surface area contributed by atoms with Crippen LogP contribution >= 0.6 is 15.9 Å². The lowest BCUT2D eigenvalue weighted by atomic mass is 9.84. The molecule has 0 N–H and O–H groups in total. The molecule has 1 unspecified atom stereocenters. The molecule has 1 nitrogen and oxygen atoms in total. The van der Waals surface area contributed by atoms with Crippen LogP contribution in [0.5, 0.6) is 5.75 Å². The van der Waals surface area contributed by atoms with Gasteiger partial charge in [-0.1, -0.05) is 48.0 Å². The van der Waals surface area contributed by atoms with Crippen molar-refractivity contribution in [3.63, 3.8) is 0 Å². The first-order chi connectivity index (χ1) is 8.81. The number of hydrogen-bond donors (Lipinski definition) is 0. The Morgan fingerprint density at radius 3 is 2.78 bits per heavy atom. The standard InChI is InChI=1S/C16H21BrO/c17-14-7-9-16-13(11-14)6-8-15(18-16)10-12-4-2-1-3-5-12/h7,9,11-12,15H,1-6,8,10H2. The lowest BCUT2D eigenvalue weighted by Crippen LogP contribution is -2.26. The van der Waals surface area contributed by atoms with Gasteiger partial charge in [0, 0.05) is 4.47 Å². The van der Waals surface area contributed by atoms with Crippen molar-refractivity contribution >= 4 is 15.9 Å². The molecule has 1 atom stereocenters. The molecule has 0 radical (unpaired) electrons. The molecule has 1 aliphatic carbocycles. The minimum absolute atomic E-state index is 0.460. The van der Waals surface area contributed by atoms with Crippen molar-refractivity contribution in [1.82, 2.24) is 0 Å². The summed E-state index contributed by atoms with van der Waals surface area (Å²) in [5.41, 5.74) is 1.37. The third-order valence-electron chi connectivity index (χ3n) is 4.37. The molecule has 2 heteroatoms. The highest BCUT2D eigenvalue weighted by Gasteiger charge is 2.24. The molecule has 0 amide bonds. The molecule has 98 valence electrons. The van der Waals surface area contributed by atoms with E-state index in [0.717, 1.165) is 16.1 Å². The fourth-order valence-electron chi connectivity index (χ4n) is 3.37. The van der Waals surface area contributed by atoms with Crippen LogP contribution in [-0.4, -0.2) is 6.10 Å². The Hall–Kier alpha value is -0.500. The Kier molecular flexibility index (Phi) is 3.93. The van der Waals surface area contributed by atoms with Crippen molar-refractivity contribution in [3.05, 3.63) is 28.2 Å². The van der Waals surface area contributed by atoms with Crippen LogP contribution in [0.4, 0.5) is 0 Å². The molecular formula is C16H21BrO. The second-order valence-corrected chi connectivity index (χ2v) is 6.69. The summed E-state index contributed by atoms with van der Waals surface area (Å²) in [6.45, 7) is 0. The Morgan fingerprint density at radius 2 is 1.94 bits per heavy atom. The maximum absolute atomic E-state index is 6.17. The molecule has 0 spiro atoms. The number of fused-ring (bicyclic) bond motifs is 1. The summed E-state index contributed by atoms with van der Waals surface area (Å²) in [6, 6.07) is 6.40. The van der Waals surface area contributed by atoms with Gasteiger partial charge in [0.25, 0.3) is 0 Å². The van der Waals surface area contributed by atoms with Crippen LogP contribution in [0, 0.1) is 5.92 Å². The zero-order valence-corrected chi connectivity index (χ0v) is 12.4. The average Bonchev–Trinajstić information content (AvgIpc) is 2.40. The van der Waals surface area contributed by atoms with Crippen LogP contribution < -0.4 is 4.74 Å². The molecule has 1 fully saturated rings. The molecule has 1 aromatic carbocycles. The van der Waals surface area contributed by atoms with Gasteiger partial charge in [-0.05, 0) is 48.9 Å². The zero-order chi connectivity index (χ0) is 12.4. The van der Waals surface area contributed by atoms with Gasteiger partial charge in [-0.2, -0.15) is 0 Å². The quantitative estimate of drug-likeness (QED) is 0.737. The van der Waals surface area contributed by atoms with Crippen LogP contribution in [0.1, 0.15) is 50.5 Å². The first-order valence-electron chi connectivity index (χ1n) is 7.26. The summed E-state index contributed by atoms with van der Waals surface area (Å²) in [6.07, 6.45) is 11.3. The van der Waals surface area contributed by atoms with E-state index < -0.39 is 0 Å². The van der Waals surface area contributed by atoms with Gasteiger partial charge in [0.2, 0.25) is 0 Å². The summed E-state index contributed by atoms with van der Waals surface area (Å²) in [4.78, 5) is 0. The lowest BCUT2D eigenvalue weighted by Gasteiger charge is -2.30. The normalized spacial score (nSPS) is 24.4. The van der Waals surface area contributed by atoms with E-state index >= 15 is 0 Å². The van der Waals surface area contributed by atoms with Crippen LogP contribution in [0.15, 0.2) is 22.7 Å². The SMILES string of the molecule is Brc1ccc2c(c1)CCC(CC1CCCCC1)O2. The Labute approximate surface area is 118 Å². The van der Waals surface area contributed by atoms with Gasteiger partial charge >= 0.3 is 0 Å². The van der Waals surface area contributed by atoms with Gasteiger partial charge in [0.05, 0.1) is 6.10 Å². The van der Waals surface area contributed by atoms with Crippen molar-refractivity contribution in [3.8, 4) is 5.75 Å². The van der Waals surface area contributed by atoms with Gasteiger partial charge < -0.3 is 4.74 Å². The van der Waals surface area contributed by atoms with E-state index in [0.29, 0.717) is 6.10 Å². The van der Waals surface area contributed by atoms with Crippen molar-refractivity contribution in [2.75, 3.05) is 0 Å². The Bertz CT molecular complexity index is 410. The molecule has 0 aromatic heterocycles. The Morgan fingerprint density at radius 1 is 1.11 bits per heavy atom. The highest BCUT2D eigenvalue weighted by molar-refractivity contribution is 9.10. The second-order valence-electron chi connectivity index (χ2n) is 5.77. The molecule has 3 rings (SSSR count). The van der Waals surface area contributed by atoms with Gasteiger partial charge in [0.1, 0.15) is 5.75 Å². The second kappa shape index (κ2) is 5.64. The van der Waals surface area contributed by atoms with E-state index in [-0.39, 0.29) is 0 Å². The zero-order valence-electron chi connectivity index (χ0n) is 10.8.